The van der Waals surface area contributed by atoms with Crippen LogP contribution < -0.4 is 10.5 Å². The number of aromatic nitrogens is 1. The zero-order valence-electron chi connectivity index (χ0n) is 9.39. The van der Waals surface area contributed by atoms with E-state index in [2.05, 4.69) is 15.6 Å². The number of terminal acetylenes is 1. The SMILES string of the molecule is C#CCCCCNS(=O)(=O)c1ccc(N)nc1. The number of sulfonamides is 1. The minimum absolute atomic E-state index is 0.114. The molecular formula is C11H15N3O2S. The highest BCUT2D eigenvalue weighted by Crippen LogP contribution is 2.08. The number of nitrogens with one attached hydrogen (secondary N) is 1. The fourth-order valence-corrected chi connectivity index (χ4v) is 2.21. The van der Waals surface area contributed by atoms with Crippen molar-refractivity contribution in [3.63, 3.8) is 0 Å². The lowest BCUT2D eigenvalue weighted by molar-refractivity contribution is 0.577. The molecule has 6 heteroatoms. The first-order valence-electron chi connectivity index (χ1n) is 5.21. The number of rotatable bonds is 6. The molecular weight excluding hydrogens is 238 g/mol. The molecule has 17 heavy (non-hydrogen) atoms. The Morgan fingerprint density at radius 3 is 2.76 bits per heavy atom. The van der Waals surface area contributed by atoms with Crippen molar-refractivity contribution in [1.82, 2.24) is 9.71 Å². The first-order chi connectivity index (χ1) is 8.06. The number of hydrogen-bond acceptors (Lipinski definition) is 4. The quantitative estimate of drug-likeness (QED) is 0.578. The normalized spacial score (nSPS) is 11.0. The highest BCUT2D eigenvalue weighted by Gasteiger charge is 2.12. The van der Waals surface area contributed by atoms with E-state index < -0.39 is 10.0 Å². The molecule has 5 nitrogen and oxygen atoms in total. The molecule has 1 aromatic heterocycles. The van der Waals surface area contributed by atoms with E-state index in [1.807, 2.05) is 0 Å². The summed E-state index contributed by atoms with van der Waals surface area (Å²) in [7, 11) is -3.48. The molecule has 0 spiro atoms. The monoisotopic (exact) mass is 253 g/mol. The van der Waals surface area contributed by atoms with Crippen molar-refractivity contribution in [2.24, 2.45) is 0 Å². The van der Waals surface area contributed by atoms with E-state index in [0.717, 1.165) is 6.42 Å². The third kappa shape index (κ3) is 4.43. The number of unbranched alkanes of at least 4 members (excludes halogenated alkanes) is 2. The van der Waals surface area contributed by atoms with E-state index >= 15 is 0 Å². The summed E-state index contributed by atoms with van der Waals surface area (Å²) in [5.74, 6) is 2.79. The number of pyridine rings is 1. The molecule has 0 aromatic carbocycles. The van der Waals surface area contributed by atoms with E-state index in [0.29, 0.717) is 19.4 Å². The van der Waals surface area contributed by atoms with Gasteiger partial charge in [0.25, 0.3) is 0 Å². The minimum Gasteiger partial charge on any atom is -0.384 e. The number of anilines is 1. The molecule has 0 bridgehead atoms. The van der Waals surface area contributed by atoms with Crippen molar-refractivity contribution in [3.8, 4) is 12.3 Å². The number of nitrogens with two attached hydrogens (primary N) is 1. The van der Waals surface area contributed by atoms with Crippen LogP contribution in [-0.2, 0) is 10.0 Å². The van der Waals surface area contributed by atoms with Crippen molar-refractivity contribution in [3.05, 3.63) is 18.3 Å². The van der Waals surface area contributed by atoms with E-state index in [1.54, 1.807) is 0 Å². The van der Waals surface area contributed by atoms with Gasteiger partial charge < -0.3 is 5.73 Å². The largest absolute Gasteiger partial charge is 0.384 e. The van der Waals surface area contributed by atoms with Crippen molar-refractivity contribution in [2.75, 3.05) is 12.3 Å². The highest BCUT2D eigenvalue weighted by molar-refractivity contribution is 7.89. The first-order valence-corrected chi connectivity index (χ1v) is 6.69. The van der Waals surface area contributed by atoms with Crippen LogP contribution >= 0.6 is 0 Å². The van der Waals surface area contributed by atoms with Crippen LogP contribution in [0.3, 0.4) is 0 Å². The van der Waals surface area contributed by atoms with E-state index in [1.165, 1.54) is 18.3 Å². The Morgan fingerprint density at radius 1 is 1.41 bits per heavy atom. The van der Waals surface area contributed by atoms with Gasteiger partial charge >= 0.3 is 0 Å². The lowest BCUT2D eigenvalue weighted by Crippen LogP contribution is -2.24. The minimum atomic E-state index is -3.48. The summed E-state index contributed by atoms with van der Waals surface area (Å²) in [5.41, 5.74) is 5.38. The third-order valence-corrected chi connectivity index (χ3v) is 3.56. The van der Waals surface area contributed by atoms with Gasteiger partial charge in [-0.2, -0.15) is 0 Å². The summed E-state index contributed by atoms with van der Waals surface area (Å²) in [5, 5.41) is 0. The van der Waals surface area contributed by atoms with Crippen LogP contribution in [0.4, 0.5) is 5.82 Å². The fourth-order valence-electron chi connectivity index (χ4n) is 1.19. The predicted molar refractivity (Wildman–Crippen MR) is 66.5 cm³/mol. The number of nitrogen functional groups attached to an aromatic ring is 1. The van der Waals surface area contributed by atoms with Gasteiger partial charge in [-0.1, -0.05) is 0 Å². The standard InChI is InChI=1S/C11H15N3O2S/c1-2-3-4-5-8-14-17(15,16)10-6-7-11(12)13-9-10/h1,6-7,9,14H,3-5,8H2,(H2,12,13). The van der Waals surface area contributed by atoms with Gasteiger partial charge in [0.1, 0.15) is 10.7 Å². The Labute approximate surface area is 101 Å². The Morgan fingerprint density at radius 2 is 2.18 bits per heavy atom. The van der Waals surface area contributed by atoms with Gasteiger partial charge in [0.15, 0.2) is 0 Å². The van der Waals surface area contributed by atoms with Gasteiger partial charge in [0, 0.05) is 19.2 Å². The summed E-state index contributed by atoms with van der Waals surface area (Å²) in [6.07, 6.45) is 8.50. The molecule has 1 aromatic rings. The van der Waals surface area contributed by atoms with E-state index in [4.69, 9.17) is 12.2 Å². The number of hydrogen-bond donors (Lipinski definition) is 2. The van der Waals surface area contributed by atoms with Crippen LogP contribution in [0.5, 0.6) is 0 Å². The molecule has 0 unspecified atom stereocenters. The zero-order valence-corrected chi connectivity index (χ0v) is 10.2. The average molecular weight is 253 g/mol. The maximum atomic E-state index is 11.7. The molecule has 1 rings (SSSR count). The lowest BCUT2D eigenvalue weighted by Gasteiger charge is -2.05. The van der Waals surface area contributed by atoms with Crippen LogP contribution in [0.25, 0.3) is 0 Å². The second-order valence-corrected chi connectivity index (χ2v) is 5.24. The van der Waals surface area contributed by atoms with Gasteiger partial charge in [-0.15, -0.1) is 12.3 Å². The van der Waals surface area contributed by atoms with Crippen molar-refractivity contribution < 1.29 is 8.42 Å². The summed E-state index contributed by atoms with van der Waals surface area (Å²) >= 11 is 0. The topological polar surface area (TPSA) is 85.1 Å². The molecule has 0 aliphatic heterocycles. The van der Waals surface area contributed by atoms with Crippen molar-refractivity contribution in [2.45, 2.75) is 24.2 Å². The predicted octanol–water partition coefficient (Wildman–Crippen LogP) is 0.746. The molecule has 3 N–H and O–H groups in total. The highest BCUT2D eigenvalue weighted by atomic mass is 32.2. The maximum absolute atomic E-state index is 11.7. The lowest BCUT2D eigenvalue weighted by atomic mass is 10.2. The molecule has 0 aliphatic carbocycles. The van der Waals surface area contributed by atoms with Gasteiger partial charge in [0.2, 0.25) is 10.0 Å². The molecule has 0 saturated carbocycles. The van der Waals surface area contributed by atoms with Crippen LogP contribution in [0.1, 0.15) is 19.3 Å². The van der Waals surface area contributed by atoms with E-state index in [-0.39, 0.29) is 10.7 Å². The van der Waals surface area contributed by atoms with Gasteiger partial charge in [-0.25, -0.2) is 18.1 Å². The molecule has 1 heterocycles. The van der Waals surface area contributed by atoms with Crippen LogP contribution in [0.15, 0.2) is 23.2 Å². The summed E-state index contributed by atoms with van der Waals surface area (Å²) in [6, 6.07) is 2.87. The first kappa shape index (κ1) is 13.5. The summed E-state index contributed by atoms with van der Waals surface area (Å²) in [4.78, 5) is 3.85. The molecule has 0 atom stereocenters. The van der Waals surface area contributed by atoms with Gasteiger partial charge in [0.05, 0.1) is 0 Å². The van der Waals surface area contributed by atoms with Gasteiger partial charge in [-0.05, 0) is 25.0 Å². The Kier molecular flexibility index (Phi) is 4.94. The Balaban J connectivity index is 2.52. The average Bonchev–Trinajstić information content (AvgIpc) is 2.29. The molecule has 0 radical (unpaired) electrons. The molecule has 0 aliphatic rings. The molecule has 0 fully saturated rings. The molecule has 0 saturated heterocycles. The van der Waals surface area contributed by atoms with Crippen LogP contribution in [-0.4, -0.2) is 19.9 Å². The maximum Gasteiger partial charge on any atom is 0.242 e. The molecule has 92 valence electrons. The second-order valence-electron chi connectivity index (χ2n) is 3.48. The summed E-state index contributed by atoms with van der Waals surface area (Å²) < 4.78 is 26.0. The van der Waals surface area contributed by atoms with Crippen LogP contribution in [0.2, 0.25) is 0 Å². The Hall–Kier alpha value is -1.58. The summed E-state index contributed by atoms with van der Waals surface area (Å²) in [6.45, 7) is 0.369. The second kappa shape index (κ2) is 6.23. The van der Waals surface area contributed by atoms with Gasteiger partial charge in [-0.3, -0.25) is 0 Å². The van der Waals surface area contributed by atoms with Crippen molar-refractivity contribution in [1.29, 1.82) is 0 Å². The number of nitrogens with zero attached hydrogens (tertiary/aromatic N) is 1. The van der Waals surface area contributed by atoms with E-state index in [9.17, 15) is 8.42 Å². The van der Waals surface area contributed by atoms with Crippen LogP contribution in [0, 0.1) is 12.3 Å². The fraction of sp³-hybridized carbons (Fsp3) is 0.364. The Bertz CT molecular complexity index is 488. The zero-order chi connectivity index (χ0) is 12.7. The molecule has 0 amide bonds. The smallest absolute Gasteiger partial charge is 0.242 e. The third-order valence-electron chi connectivity index (χ3n) is 2.11. The van der Waals surface area contributed by atoms with Crippen molar-refractivity contribution >= 4 is 15.8 Å².